The van der Waals surface area contributed by atoms with Crippen LogP contribution in [0.2, 0.25) is 0 Å². The van der Waals surface area contributed by atoms with E-state index in [9.17, 15) is 0 Å². The maximum atomic E-state index is 5.67. The summed E-state index contributed by atoms with van der Waals surface area (Å²) in [6, 6.07) is 4.89. The van der Waals surface area contributed by atoms with Crippen LogP contribution in [0, 0.1) is 20.8 Å². The Labute approximate surface area is 122 Å². The average molecular weight is 277 g/mol. The molecule has 1 N–H and O–H groups in total. The summed E-state index contributed by atoms with van der Waals surface area (Å²) in [5.41, 5.74) is 5.28. The lowest BCUT2D eigenvalue weighted by molar-refractivity contribution is -0.0172. The highest BCUT2D eigenvalue weighted by atomic mass is 16.5. The highest BCUT2D eigenvalue weighted by Crippen LogP contribution is 2.25. The minimum Gasteiger partial charge on any atom is -0.378 e. The SMILES string of the molecule is COC1(CNC(C)c2cc(C)c(C)cc2C)CCOC1. The fourth-order valence-electron chi connectivity index (χ4n) is 2.86. The van der Waals surface area contributed by atoms with E-state index >= 15 is 0 Å². The summed E-state index contributed by atoms with van der Waals surface area (Å²) >= 11 is 0. The quantitative estimate of drug-likeness (QED) is 0.897. The Morgan fingerprint density at radius 3 is 2.55 bits per heavy atom. The molecule has 20 heavy (non-hydrogen) atoms. The van der Waals surface area contributed by atoms with Gasteiger partial charge in [-0.2, -0.15) is 0 Å². The van der Waals surface area contributed by atoms with Gasteiger partial charge in [-0.1, -0.05) is 12.1 Å². The lowest BCUT2D eigenvalue weighted by atomic mass is 9.95. The number of aryl methyl sites for hydroxylation is 3. The van der Waals surface area contributed by atoms with Crippen LogP contribution in [0.15, 0.2) is 12.1 Å². The number of hydrogen-bond acceptors (Lipinski definition) is 3. The number of hydrogen-bond donors (Lipinski definition) is 1. The first-order chi connectivity index (χ1) is 9.47. The molecule has 0 saturated carbocycles. The average Bonchev–Trinajstić information content (AvgIpc) is 2.90. The maximum absolute atomic E-state index is 5.67. The third-order valence-electron chi connectivity index (χ3n) is 4.58. The standard InChI is InChI=1S/C17H27NO2/c1-12-8-14(3)16(9-13(12)2)15(4)18-10-17(19-5)6-7-20-11-17/h8-9,15,18H,6-7,10-11H2,1-5H3. The van der Waals surface area contributed by atoms with Gasteiger partial charge in [0.25, 0.3) is 0 Å². The molecule has 1 aliphatic rings. The molecule has 0 bridgehead atoms. The van der Waals surface area contributed by atoms with Crippen LogP contribution < -0.4 is 5.32 Å². The van der Waals surface area contributed by atoms with Crippen LogP contribution in [0.1, 0.15) is 41.6 Å². The van der Waals surface area contributed by atoms with Crippen LogP contribution in [-0.2, 0) is 9.47 Å². The van der Waals surface area contributed by atoms with E-state index in [4.69, 9.17) is 9.47 Å². The van der Waals surface area contributed by atoms with Gasteiger partial charge in [0.05, 0.1) is 6.61 Å². The van der Waals surface area contributed by atoms with E-state index in [2.05, 4.69) is 45.1 Å². The largest absolute Gasteiger partial charge is 0.378 e. The Balaban J connectivity index is 2.05. The van der Waals surface area contributed by atoms with Crippen molar-refractivity contribution in [3.05, 3.63) is 34.4 Å². The number of methoxy groups -OCH3 is 1. The van der Waals surface area contributed by atoms with Crippen molar-refractivity contribution in [2.75, 3.05) is 26.9 Å². The lowest BCUT2D eigenvalue weighted by Crippen LogP contribution is -2.43. The molecule has 112 valence electrons. The van der Waals surface area contributed by atoms with Gasteiger partial charge in [0.1, 0.15) is 5.60 Å². The van der Waals surface area contributed by atoms with Crippen LogP contribution in [0.3, 0.4) is 0 Å². The van der Waals surface area contributed by atoms with Gasteiger partial charge >= 0.3 is 0 Å². The molecule has 2 unspecified atom stereocenters. The van der Waals surface area contributed by atoms with Gasteiger partial charge in [-0.3, -0.25) is 0 Å². The Morgan fingerprint density at radius 2 is 1.95 bits per heavy atom. The van der Waals surface area contributed by atoms with E-state index in [1.165, 1.54) is 22.3 Å². The van der Waals surface area contributed by atoms with Gasteiger partial charge in [-0.25, -0.2) is 0 Å². The van der Waals surface area contributed by atoms with Crippen molar-refractivity contribution in [2.24, 2.45) is 0 Å². The summed E-state index contributed by atoms with van der Waals surface area (Å²) in [6.45, 7) is 11.1. The molecule has 1 heterocycles. The highest BCUT2D eigenvalue weighted by Gasteiger charge is 2.35. The second-order valence-electron chi connectivity index (χ2n) is 6.09. The van der Waals surface area contributed by atoms with E-state index in [0.29, 0.717) is 12.6 Å². The predicted molar refractivity (Wildman–Crippen MR) is 82.2 cm³/mol. The molecular weight excluding hydrogens is 250 g/mol. The summed E-state index contributed by atoms with van der Waals surface area (Å²) in [5.74, 6) is 0. The number of nitrogens with one attached hydrogen (secondary N) is 1. The predicted octanol–water partition coefficient (Wildman–Crippen LogP) is 3.07. The van der Waals surface area contributed by atoms with Crippen LogP contribution >= 0.6 is 0 Å². The van der Waals surface area contributed by atoms with Gasteiger partial charge < -0.3 is 14.8 Å². The smallest absolute Gasteiger partial charge is 0.106 e. The molecule has 1 saturated heterocycles. The summed E-state index contributed by atoms with van der Waals surface area (Å²) in [5, 5.41) is 3.62. The van der Waals surface area contributed by atoms with Crippen LogP contribution in [-0.4, -0.2) is 32.5 Å². The van der Waals surface area contributed by atoms with E-state index in [0.717, 1.165) is 19.6 Å². The van der Waals surface area contributed by atoms with E-state index in [1.54, 1.807) is 7.11 Å². The molecule has 1 aliphatic heterocycles. The van der Waals surface area contributed by atoms with E-state index < -0.39 is 0 Å². The van der Waals surface area contributed by atoms with Crippen molar-refractivity contribution in [2.45, 2.75) is 45.8 Å². The van der Waals surface area contributed by atoms with Crippen LogP contribution in [0.4, 0.5) is 0 Å². The van der Waals surface area contributed by atoms with Gasteiger partial charge in [0.15, 0.2) is 0 Å². The lowest BCUT2D eigenvalue weighted by Gasteiger charge is -2.28. The van der Waals surface area contributed by atoms with Crippen molar-refractivity contribution < 1.29 is 9.47 Å². The van der Waals surface area contributed by atoms with Crippen molar-refractivity contribution in [3.8, 4) is 0 Å². The Morgan fingerprint density at radius 1 is 1.25 bits per heavy atom. The monoisotopic (exact) mass is 277 g/mol. The van der Waals surface area contributed by atoms with Crippen molar-refractivity contribution in [1.82, 2.24) is 5.32 Å². The second kappa shape index (κ2) is 6.25. The zero-order valence-electron chi connectivity index (χ0n) is 13.4. The third kappa shape index (κ3) is 3.22. The van der Waals surface area contributed by atoms with Gasteiger partial charge in [0.2, 0.25) is 0 Å². The first kappa shape index (κ1) is 15.5. The fourth-order valence-corrected chi connectivity index (χ4v) is 2.86. The number of benzene rings is 1. The molecular formula is C17H27NO2. The molecule has 1 aromatic carbocycles. The first-order valence-corrected chi connectivity index (χ1v) is 7.41. The first-order valence-electron chi connectivity index (χ1n) is 7.41. The molecule has 0 amide bonds. The molecule has 3 nitrogen and oxygen atoms in total. The molecule has 2 rings (SSSR count). The molecule has 1 fully saturated rings. The number of ether oxygens (including phenoxy) is 2. The zero-order chi connectivity index (χ0) is 14.8. The van der Waals surface area contributed by atoms with Crippen LogP contribution in [0.25, 0.3) is 0 Å². The van der Waals surface area contributed by atoms with Gasteiger partial charge in [-0.05, 0) is 49.9 Å². The second-order valence-corrected chi connectivity index (χ2v) is 6.09. The molecule has 1 aromatic rings. The van der Waals surface area contributed by atoms with Crippen LogP contribution in [0.5, 0.6) is 0 Å². The highest BCUT2D eigenvalue weighted by molar-refractivity contribution is 5.38. The van der Waals surface area contributed by atoms with Crippen molar-refractivity contribution in [3.63, 3.8) is 0 Å². The van der Waals surface area contributed by atoms with Crippen molar-refractivity contribution in [1.29, 1.82) is 0 Å². The Bertz CT molecular complexity index is 464. The normalized spacial score (nSPS) is 24.1. The summed E-state index contributed by atoms with van der Waals surface area (Å²) < 4.78 is 11.2. The maximum Gasteiger partial charge on any atom is 0.106 e. The zero-order valence-corrected chi connectivity index (χ0v) is 13.4. The number of rotatable bonds is 5. The summed E-state index contributed by atoms with van der Waals surface area (Å²) in [6.07, 6.45) is 0.967. The molecule has 3 heteroatoms. The van der Waals surface area contributed by atoms with Crippen molar-refractivity contribution >= 4 is 0 Å². The Hall–Kier alpha value is -0.900. The van der Waals surface area contributed by atoms with Gasteiger partial charge in [0, 0.05) is 32.7 Å². The Kier molecular flexibility index (Phi) is 4.84. The summed E-state index contributed by atoms with van der Waals surface area (Å²) in [4.78, 5) is 0. The third-order valence-corrected chi connectivity index (χ3v) is 4.58. The molecule has 0 aliphatic carbocycles. The van der Waals surface area contributed by atoms with Gasteiger partial charge in [-0.15, -0.1) is 0 Å². The fraction of sp³-hybridized carbons (Fsp3) is 0.647. The minimum absolute atomic E-state index is 0.151. The topological polar surface area (TPSA) is 30.5 Å². The molecule has 0 aromatic heterocycles. The van der Waals surface area contributed by atoms with E-state index in [-0.39, 0.29) is 5.60 Å². The minimum atomic E-state index is -0.151. The molecule has 0 spiro atoms. The summed E-state index contributed by atoms with van der Waals surface area (Å²) in [7, 11) is 1.78. The van der Waals surface area contributed by atoms with E-state index in [1.807, 2.05) is 0 Å². The molecule has 2 atom stereocenters. The molecule has 0 radical (unpaired) electrons.